The maximum absolute atomic E-state index is 11.0. The number of carboxylic acids is 1. The van der Waals surface area contributed by atoms with Crippen LogP contribution in [0.1, 0.15) is 40.2 Å². The number of hydrogen-bond donors (Lipinski definition) is 2. The highest BCUT2D eigenvalue weighted by Crippen LogP contribution is 2.39. The van der Waals surface area contributed by atoms with E-state index in [1.807, 2.05) is 24.3 Å². The summed E-state index contributed by atoms with van der Waals surface area (Å²) in [6.45, 7) is 0.680. The molecule has 0 atom stereocenters. The Kier molecular flexibility index (Phi) is 4.90. The van der Waals surface area contributed by atoms with Gasteiger partial charge in [0.2, 0.25) is 0 Å². The highest BCUT2D eigenvalue weighted by Gasteiger charge is 2.30. The van der Waals surface area contributed by atoms with Crippen molar-refractivity contribution in [1.29, 1.82) is 0 Å². The first-order valence-electron chi connectivity index (χ1n) is 7.53. The lowest BCUT2D eigenvalue weighted by atomic mass is 9.76. The van der Waals surface area contributed by atoms with Crippen molar-refractivity contribution in [3.63, 3.8) is 0 Å². The first-order chi connectivity index (χ1) is 11.0. The Hall–Kier alpha value is -1.55. The van der Waals surface area contributed by atoms with Gasteiger partial charge in [-0.1, -0.05) is 41.4 Å². The lowest BCUT2D eigenvalue weighted by Crippen LogP contribution is -2.39. The van der Waals surface area contributed by atoms with Crippen molar-refractivity contribution in [2.24, 2.45) is 0 Å². The third-order valence-corrected chi connectivity index (χ3v) is 5.06. The molecule has 0 unspecified atom stereocenters. The Morgan fingerprint density at radius 1 is 1.13 bits per heavy atom. The fourth-order valence-electron chi connectivity index (χ4n) is 2.90. The monoisotopic (exact) mass is 349 g/mol. The molecule has 3 rings (SSSR count). The van der Waals surface area contributed by atoms with Crippen molar-refractivity contribution in [3.8, 4) is 0 Å². The fraction of sp³-hybridized carbons (Fsp3) is 0.278. The zero-order valence-electron chi connectivity index (χ0n) is 12.4. The minimum atomic E-state index is -0.893. The predicted octanol–water partition coefficient (Wildman–Crippen LogP) is 4.73. The summed E-state index contributed by atoms with van der Waals surface area (Å²) in [4.78, 5) is 11.0. The molecule has 0 spiro atoms. The van der Waals surface area contributed by atoms with Crippen LogP contribution in [-0.4, -0.2) is 17.1 Å². The van der Waals surface area contributed by atoms with E-state index in [0.717, 1.165) is 18.4 Å². The van der Waals surface area contributed by atoms with Crippen molar-refractivity contribution < 1.29 is 9.90 Å². The zero-order valence-corrected chi connectivity index (χ0v) is 13.9. The topological polar surface area (TPSA) is 49.3 Å². The molecule has 2 aromatic rings. The van der Waals surface area contributed by atoms with E-state index in [-0.39, 0.29) is 0 Å². The molecule has 2 N–H and O–H groups in total. The lowest BCUT2D eigenvalue weighted by molar-refractivity contribution is 0.0696. The molecule has 5 heteroatoms. The Labute approximate surface area is 145 Å². The lowest BCUT2D eigenvalue weighted by Gasteiger charge is -2.36. The van der Waals surface area contributed by atoms with Gasteiger partial charge < -0.3 is 10.4 Å². The van der Waals surface area contributed by atoms with Crippen molar-refractivity contribution >= 4 is 29.2 Å². The van der Waals surface area contributed by atoms with Crippen LogP contribution < -0.4 is 5.32 Å². The molecule has 0 heterocycles. The smallest absolute Gasteiger partial charge is 0.335 e. The van der Waals surface area contributed by atoms with Crippen LogP contribution in [0.25, 0.3) is 0 Å². The Morgan fingerprint density at radius 2 is 1.91 bits per heavy atom. The summed E-state index contributed by atoms with van der Waals surface area (Å²) in [5.41, 5.74) is 2.54. The van der Waals surface area contributed by atoms with Gasteiger partial charge in [-0.3, -0.25) is 0 Å². The van der Waals surface area contributed by atoms with Crippen LogP contribution in [0.4, 0.5) is 0 Å². The number of hydrogen-bond acceptors (Lipinski definition) is 2. The Bertz CT molecular complexity index is 727. The first-order valence-corrected chi connectivity index (χ1v) is 8.29. The molecule has 2 aromatic carbocycles. The molecule has 3 nitrogen and oxygen atoms in total. The summed E-state index contributed by atoms with van der Waals surface area (Å²) in [6, 6.07) is 13.3. The maximum atomic E-state index is 11.0. The first kappa shape index (κ1) is 16.3. The van der Waals surface area contributed by atoms with Gasteiger partial charge in [0.1, 0.15) is 0 Å². The standard InChI is InChI=1S/C18H17Cl2NO2/c19-16-5-4-12(9-17(16)20)14-7-15(8-14)21-10-11-2-1-3-13(6-11)18(22)23/h1-6,9,14-15,21H,7-8,10H2,(H,22,23). The zero-order chi connectivity index (χ0) is 16.4. The van der Waals surface area contributed by atoms with Crippen LogP contribution in [0.3, 0.4) is 0 Å². The predicted molar refractivity (Wildman–Crippen MR) is 92.5 cm³/mol. The minimum absolute atomic E-state index is 0.326. The van der Waals surface area contributed by atoms with Gasteiger partial charge in [0.25, 0.3) is 0 Å². The Balaban J connectivity index is 1.51. The largest absolute Gasteiger partial charge is 0.478 e. The van der Waals surface area contributed by atoms with E-state index in [2.05, 4.69) is 5.32 Å². The second-order valence-electron chi connectivity index (χ2n) is 5.93. The number of aromatic carboxylic acids is 1. The average Bonchev–Trinajstić information content (AvgIpc) is 2.49. The SMILES string of the molecule is O=C(O)c1cccc(CNC2CC(c3ccc(Cl)c(Cl)c3)C2)c1. The van der Waals surface area contributed by atoms with Crippen LogP contribution >= 0.6 is 23.2 Å². The van der Waals surface area contributed by atoms with E-state index in [9.17, 15) is 4.79 Å². The summed E-state index contributed by atoms with van der Waals surface area (Å²) >= 11 is 12.0. The molecule has 0 amide bonds. The average molecular weight is 350 g/mol. The van der Waals surface area contributed by atoms with E-state index in [0.29, 0.717) is 34.1 Å². The van der Waals surface area contributed by atoms with Gasteiger partial charge >= 0.3 is 5.97 Å². The molecule has 120 valence electrons. The fourth-order valence-corrected chi connectivity index (χ4v) is 3.21. The molecule has 1 aliphatic carbocycles. The molecular weight excluding hydrogens is 333 g/mol. The van der Waals surface area contributed by atoms with Crippen LogP contribution in [0, 0.1) is 0 Å². The van der Waals surface area contributed by atoms with Gasteiger partial charge in [0.15, 0.2) is 0 Å². The molecule has 0 aliphatic heterocycles. The van der Waals surface area contributed by atoms with Crippen molar-refractivity contribution in [1.82, 2.24) is 5.32 Å². The molecule has 1 saturated carbocycles. The summed E-state index contributed by atoms with van der Waals surface area (Å²) in [5.74, 6) is -0.386. The number of carboxylic acid groups (broad SMARTS) is 1. The van der Waals surface area contributed by atoms with E-state index >= 15 is 0 Å². The van der Waals surface area contributed by atoms with Gasteiger partial charge in [0.05, 0.1) is 15.6 Å². The van der Waals surface area contributed by atoms with Crippen molar-refractivity contribution in [2.75, 3.05) is 0 Å². The van der Waals surface area contributed by atoms with Crippen LogP contribution in [0.2, 0.25) is 10.0 Å². The quantitative estimate of drug-likeness (QED) is 0.820. The number of nitrogens with one attached hydrogen (secondary N) is 1. The third kappa shape index (κ3) is 3.86. The van der Waals surface area contributed by atoms with Gasteiger partial charge in [0, 0.05) is 12.6 Å². The highest BCUT2D eigenvalue weighted by atomic mass is 35.5. The van der Waals surface area contributed by atoms with E-state index in [1.54, 1.807) is 18.2 Å². The molecule has 0 aromatic heterocycles. The molecule has 23 heavy (non-hydrogen) atoms. The highest BCUT2D eigenvalue weighted by molar-refractivity contribution is 6.42. The van der Waals surface area contributed by atoms with Crippen molar-refractivity contribution in [3.05, 3.63) is 69.2 Å². The van der Waals surface area contributed by atoms with Crippen LogP contribution in [-0.2, 0) is 6.54 Å². The molecule has 0 radical (unpaired) electrons. The number of rotatable bonds is 5. The minimum Gasteiger partial charge on any atom is -0.478 e. The van der Waals surface area contributed by atoms with Crippen LogP contribution in [0.5, 0.6) is 0 Å². The number of carbonyl (C=O) groups is 1. The molecule has 0 bridgehead atoms. The number of benzene rings is 2. The van der Waals surface area contributed by atoms with Gasteiger partial charge in [-0.25, -0.2) is 4.79 Å². The van der Waals surface area contributed by atoms with E-state index in [1.165, 1.54) is 5.56 Å². The summed E-state index contributed by atoms with van der Waals surface area (Å²) < 4.78 is 0. The summed E-state index contributed by atoms with van der Waals surface area (Å²) in [5, 5.41) is 13.7. The van der Waals surface area contributed by atoms with Gasteiger partial charge in [-0.05, 0) is 54.2 Å². The van der Waals surface area contributed by atoms with E-state index < -0.39 is 5.97 Å². The molecular formula is C18H17Cl2NO2. The molecule has 1 fully saturated rings. The normalized spacial score (nSPS) is 20.1. The Morgan fingerprint density at radius 3 is 2.61 bits per heavy atom. The van der Waals surface area contributed by atoms with Crippen LogP contribution in [0.15, 0.2) is 42.5 Å². The third-order valence-electron chi connectivity index (χ3n) is 4.32. The second-order valence-corrected chi connectivity index (χ2v) is 6.74. The molecule has 1 aliphatic rings. The second kappa shape index (κ2) is 6.91. The summed E-state index contributed by atoms with van der Waals surface area (Å²) in [7, 11) is 0. The number of halogens is 2. The molecule has 0 saturated heterocycles. The maximum Gasteiger partial charge on any atom is 0.335 e. The summed E-state index contributed by atoms with van der Waals surface area (Å²) in [6.07, 6.45) is 2.10. The van der Waals surface area contributed by atoms with Gasteiger partial charge in [-0.2, -0.15) is 0 Å². The van der Waals surface area contributed by atoms with Crippen molar-refractivity contribution in [2.45, 2.75) is 31.3 Å². The van der Waals surface area contributed by atoms with Gasteiger partial charge in [-0.15, -0.1) is 0 Å². The van der Waals surface area contributed by atoms with E-state index in [4.69, 9.17) is 28.3 Å².